The Balaban J connectivity index is 3.73. The summed E-state index contributed by atoms with van der Waals surface area (Å²) < 4.78 is 26.3. The fourth-order valence-corrected chi connectivity index (χ4v) is 3.11. The molecule has 0 fully saturated rings. The summed E-state index contributed by atoms with van der Waals surface area (Å²) in [6.45, 7) is 12.6. The zero-order valence-corrected chi connectivity index (χ0v) is 14.4. The van der Waals surface area contributed by atoms with Crippen LogP contribution in [0.25, 0.3) is 0 Å². The van der Waals surface area contributed by atoms with Crippen molar-refractivity contribution in [2.45, 2.75) is 53.0 Å². The second-order valence-electron chi connectivity index (χ2n) is 5.46. The van der Waals surface area contributed by atoms with E-state index in [0.717, 1.165) is 39.0 Å². The standard InChI is InChI=1S/C14H33N3O2S/c1-5-11-17(6-2)12-10-16-20(18,19)13-8-7-9-15-14(3)4/h14-16H,5-13H2,1-4H3. The molecule has 5 nitrogen and oxygen atoms in total. The lowest BCUT2D eigenvalue weighted by molar-refractivity contribution is 0.293. The fourth-order valence-electron chi connectivity index (χ4n) is 1.98. The van der Waals surface area contributed by atoms with Crippen LogP contribution in [0.4, 0.5) is 0 Å². The van der Waals surface area contributed by atoms with Gasteiger partial charge in [0.15, 0.2) is 0 Å². The van der Waals surface area contributed by atoms with Crippen molar-refractivity contribution in [3.05, 3.63) is 0 Å². The summed E-state index contributed by atoms with van der Waals surface area (Å²) in [4.78, 5) is 2.26. The van der Waals surface area contributed by atoms with Gasteiger partial charge in [0, 0.05) is 19.1 Å². The first kappa shape index (κ1) is 19.8. The van der Waals surface area contributed by atoms with Crippen molar-refractivity contribution in [2.75, 3.05) is 38.5 Å². The van der Waals surface area contributed by atoms with E-state index in [1.165, 1.54) is 0 Å². The molecule has 6 heteroatoms. The second-order valence-corrected chi connectivity index (χ2v) is 7.39. The molecule has 0 rings (SSSR count). The molecular formula is C14H33N3O2S. The predicted octanol–water partition coefficient (Wildman–Crippen LogP) is 1.42. The molecule has 0 bridgehead atoms. The molecule has 0 aliphatic carbocycles. The molecule has 122 valence electrons. The van der Waals surface area contributed by atoms with Crippen LogP contribution in [0.1, 0.15) is 47.0 Å². The quantitative estimate of drug-likeness (QED) is 0.505. The van der Waals surface area contributed by atoms with Crippen molar-refractivity contribution < 1.29 is 8.42 Å². The maximum Gasteiger partial charge on any atom is 0.211 e. The molecule has 0 radical (unpaired) electrons. The van der Waals surface area contributed by atoms with E-state index < -0.39 is 10.0 Å². The van der Waals surface area contributed by atoms with E-state index in [4.69, 9.17) is 0 Å². The lowest BCUT2D eigenvalue weighted by atomic mass is 10.3. The molecule has 0 aliphatic rings. The number of sulfonamides is 1. The molecule has 0 heterocycles. The number of hydrogen-bond donors (Lipinski definition) is 2. The highest BCUT2D eigenvalue weighted by atomic mass is 32.2. The van der Waals surface area contributed by atoms with Gasteiger partial charge in [-0.05, 0) is 38.9 Å². The van der Waals surface area contributed by atoms with Crippen molar-refractivity contribution in [2.24, 2.45) is 0 Å². The van der Waals surface area contributed by atoms with Gasteiger partial charge in [-0.1, -0.05) is 27.7 Å². The number of rotatable bonds is 13. The molecule has 0 aliphatic heterocycles. The normalized spacial score (nSPS) is 12.5. The van der Waals surface area contributed by atoms with Gasteiger partial charge in [0.25, 0.3) is 0 Å². The van der Waals surface area contributed by atoms with E-state index in [1.807, 2.05) is 0 Å². The topological polar surface area (TPSA) is 61.4 Å². The molecule has 0 atom stereocenters. The van der Waals surface area contributed by atoms with Crippen molar-refractivity contribution in [1.29, 1.82) is 0 Å². The molecule has 0 aromatic carbocycles. The smallest absolute Gasteiger partial charge is 0.211 e. The number of likely N-dealkylation sites (N-methyl/N-ethyl adjacent to an activating group) is 1. The predicted molar refractivity (Wildman–Crippen MR) is 86.6 cm³/mol. The largest absolute Gasteiger partial charge is 0.315 e. The molecule has 2 N–H and O–H groups in total. The van der Waals surface area contributed by atoms with E-state index in [9.17, 15) is 8.42 Å². The summed E-state index contributed by atoms with van der Waals surface area (Å²) in [5.41, 5.74) is 0. The monoisotopic (exact) mass is 307 g/mol. The molecule has 0 unspecified atom stereocenters. The van der Waals surface area contributed by atoms with E-state index in [2.05, 4.69) is 42.6 Å². The van der Waals surface area contributed by atoms with E-state index in [-0.39, 0.29) is 5.75 Å². The maximum absolute atomic E-state index is 11.8. The Hall–Kier alpha value is -0.170. The van der Waals surface area contributed by atoms with Crippen LogP contribution >= 0.6 is 0 Å². The Kier molecular flexibility index (Phi) is 11.4. The van der Waals surface area contributed by atoms with Crippen LogP contribution in [0.15, 0.2) is 0 Å². The van der Waals surface area contributed by atoms with Gasteiger partial charge in [0.2, 0.25) is 10.0 Å². The lowest BCUT2D eigenvalue weighted by Gasteiger charge is -2.19. The van der Waals surface area contributed by atoms with Crippen LogP contribution in [-0.2, 0) is 10.0 Å². The molecule has 0 spiro atoms. The molecule has 0 saturated heterocycles. The minimum Gasteiger partial charge on any atom is -0.315 e. The van der Waals surface area contributed by atoms with Crippen LogP contribution in [0.3, 0.4) is 0 Å². The molecule has 0 aromatic rings. The van der Waals surface area contributed by atoms with E-state index in [0.29, 0.717) is 19.0 Å². The third kappa shape index (κ3) is 11.6. The van der Waals surface area contributed by atoms with Gasteiger partial charge in [-0.3, -0.25) is 0 Å². The molecule has 0 aromatic heterocycles. The summed E-state index contributed by atoms with van der Waals surface area (Å²) in [6, 6.07) is 0.461. The molecule has 0 saturated carbocycles. The minimum absolute atomic E-state index is 0.229. The summed E-state index contributed by atoms with van der Waals surface area (Å²) in [5, 5.41) is 3.29. The van der Waals surface area contributed by atoms with Crippen molar-refractivity contribution in [3.63, 3.8) is 0 Å². The van der Waals surface area contributed by atoms with Gasteiger partial charge in [-0.25, -0.2) is 13.1 Å². The summed E-state index contributed by atoms with van der Waals surface area (Å²) >= 11 is 0. The average Bonchev–Trinajstić information content (AvgIpc) is 2.36. The summed E-state index contributed by atoms with van der Waals surface area (Å²) in [6.07, 6.45) is 2.71. The lowest BCUT2D eigenvalue weighted by Crippen LogP contribution is -2.36. The van der Waals surface area contributed by atoms with E-state index in [1.54, 1.807) is 0 Å². The van der Waals surface area contributed by atoms with Crippen LogP contribution in [0, 0.1) is 0 Å². The van der Waals surface area contributed by atoms with Gasteiger partial charge in [0.1, 0.15) is 0 Å². The van der Waals surface area contributed by atoms with Crippen LogP contribution in [0.5, 0.6) is 0 Å². The maximum atomic E-state index is 11.8. The molecular weight excluding hydrogens is 274 g/mol. The number of nitrogens with zero attached hydrogens (tertiary/aromatic N) is 1. The molecule has 20 heavy (non-hydrogen) atoms. The van der Waals surface area contributed by atoms with Gasteiger partial charge in [-0.2, -0.15) is 0 Å². The van der Waals surface area contributed by atoms with Gasteiger partial charge in [-0.15, -0.1) is 0 Å². The minimum atomic E-state index is -3.11. The second kappa shape index (κ2) is 11.5. The summed E-state index contributed by atoms with van der Waals surface area (Å²) in [7, 11) is -3.11. The SMILES string of the molecule is CCCN(CC)CCNS(=O)(=O)CCCCNC(C)C. The highest BCUT2D eigenvalue weighted by Gasteiger charge is 2.10. The Morgan fingerprint density at radius 2 is 1.75 bits per heavy atom. The Labute approximate surface area is 125 Å². The average molecular weight is 308 g/mol. The first-order chi connectivity index (χ1) is 9.41. The number of hydrogen-bond acceptors (Lipinski definition) is 4. The highest BCUT2D eigenvalue weighted by molar-refractivity contribution is 7.89. The zero-order valence-electron chi connectivity index (χ0n) is 13.6. The molecule has 0 amide bonds. The third-order valence-electron chi connectivity index (χ3n) is 3.13. The zero-order chi connectivity index (χ0) is 15.4. The number of unbranched alkanes of at least 4 members (excludes halogenated alkanes) is 1. The van der Waals surface area contributed by atoms with Gasteiger partial charge in [0.05, 0.1) is 5.75 Å². The van der Waals surface area contributed by atoms with Crippen molar-refractivity contribution in [3.8, 4) is 0 Å². The van der Waals surface area contributed by atoms with Crippen molar-refractivity contribution in [1.82, 2.24) is 14.9 Å². The van der Waals surface area contributed by atoms with Gasteiger partial charge < -0.3 is 10.2 Å². The fraction of sp³-hybridized carbons (Fsp3) is 1.00. The van der Waals surface area contributed by atoms with Gasteiger partial charge >= 0.3 is 0 Å². The van der Waals surface area contributed by atoms with E-state index >= 15 is 0 Å². The number of nitrogens with one attached hydrogen (secondary N) is 2. The highest BCUT2D eigenvalue weighted by Crippen LogP contribution is 1.95. The third-order valence-corrected chi connectivity index (χ3v) is 4.60. The van der Waals surface area contributed by atoms with Crippen LogP contribution < -0.4 is 10.0 Å². The Bertz CT molecular complexity index is 318. The van der Waals surface area contributed by atoms with Crippen molar-refractivity contribution >= 4 is 10.0 Å². The Morgan fingerprint density at radius 1 is 1.05 bits per heavy atom. The van der Waals surface area contributed by atoms with Crippen LogP contribution in [-0.4, -0.2) is 57.8 Å². The first-order valence-corrected chi connectivity index (χ1v) is 9.49. The van der Waals surface area contributed by atoms with Crippen LogP contribution in [0.2, 0.25) is 0 Å². The Morgan fingerprint density at radius 3 is 2.30 bits per heavy atom. The first-order valence-electron chi connectivity index (χ1n) is 7.84. The summed E-state index contributed by atoms with van der Waals surface area (Å²) in [5.74, 6) is 0.229.